The van der Waals surface area contributed by atoms with Crippen molar-refractivity contribution in [2.75, 3.05) is 0 Å². The highest BCUT2D eigenvalue weighted by Crippen LogP contribution is 2.42. The van der Waals surface area contributed by atoms with Gasteiger partial charge in [-0.15, -0.1) is 12.6 Å². The van der Waals surface area contributed by atoms with E-state index in [0.717, 1.165) is 46.1 Å². The number of thiocarbonyl (C=S) groups is 1. The summed E-state index contributed by atoms with van der Waals surface area (Å²) >= 11 is 9.41. The summed E-state index contributed by atoms with van der Waals surface area (Å²) < 4.78 is 0.909. The molecule has 3 aliphatic carbocycles. The second-order valence-corrected chi connectivity index (χ2v) is 11.6. The van der Waals surface area contributed by atoms with Crippen LogP contribution in [0.2, 0.25) is 0 Å². The molecule has 2 heteroatoms. The second-order valence-electron chi connectivity index (χ2n) is 10.3. The molecule has 3 aliphatic rings. The number of thiol groups is 1. The van der Waals surface area contributed by atoms with Crippen LogP contribution in [0.25, 0.3) is 0 Å². The average molecular weight is 395 g/mol. The van der Waals surface area contributed by atoms with E-state index in [-0.39, 0.29) is 0 Å². The van der Waals surface area contributed by atoms with Crippen molar-refractivity contribution in [3.63, 3.8) is 0 Å². The van der Waals surface area contributed by atoms with Gasteiger partial charge in [0.05, 0.1) is 0 Å². The largest absolute Gasteiger partial charge is 0.136 e. The van der Waals surface area contributed by atoms with Gasteiger partial charge in [0.15, 0.2) is 0 Å². The van der Waals surface area contributed by atoms with Gasteiger partial charge in [-0.3, -0.25) is 0 Å². The first-order chi connectivity index (χ1) is 12.6. The zero-order chi connectivity index (χ0) is 18.4. The van der Waals surface area contributed by atoms with E-state index >= 15 is 0 Å². The van der Waals surface area contributed by atoms with E-state index in [2.05, 4.69) is 19.6 Å². The van der Waals surface area contributed by atoms with Crippen LogP contribution in [0.3, 0.4) is 0 Å². The Balaban J connectivity index is 1.28. The van der Waals surface area contributed by atoms with Gasteiger partial charge in [-0.25, -0.2) is 0 Å². The molecule has 0 amide bonds. The molecule has 26 heavy (non-hydrogen) atoms. The molecule has 0 N–H and O–H groups in total. The maximum absolute atomic E-state index is 5.13. The SMILES string of the molecule is CC1CCC(CC2CCC(CC3CCC(CCC(=S)S)CC3)CC2)CC1. The van der Waals surface area contributed by atoms with Crippen molar-refractivity contribution in [2.24, 2.45) is 35.5 Å². The van der Waals surface area contributed by atoms with Gasteiger partial charge in [0.1, 0.15) is 0 Å². The van der Waals surface area contributed by atoms with Crippen LogP contribution in [-0.4, -0.2) is 4.20 Å². The van der Waals surface area contributed by atoms with Crippen molar-refractivity contribution < 1.29 is 0 Å². The Morgan fingerprint density at radius 3 is 1.38 bits per heavy atom. The maximum Gasteiger partial charge on any atom is 0.0448 e. The number of hydrogen-bond donors (Lipinski definition) is 1. The molecule has 3 fully saturated rings. The lowest BCUT2D eigenvalue weighted by molar-refractivity contribution is 0.165. The van der Waals surface area contributed by atoms with Crippen molar-refractivity contribution in [1.29, 1.82) is 0 Å². The molecule has 150 valence electrons. The van der Waals surface area contributed by atoms with Gasteiger partial charge in [0.2, 0.25) is 0 Å². The third-order valence-electron chi connectivity index (χ3n) is 8.17. The van der Waals surface area contributed by atoms with Gasteiger partial charge >= 0.3 is 0 Å². The molecule has 0 heterocycles. The summed E-state index contributed by atoms with van der Waals surface area (Å²) in [5.41, 5.74) is 0. The molecule has 0 aliphatic heterocycles. The molecule has 0 aromatic heterocycles. The molecule has 0 saturated heterocycles. The Bertz CT molecular complexity index is 408. The van der Waals surface area contributed by atoms with Gasteiger partial charge in [-0.2, -0.15) is 0 Å². The van der Waals surface area contributed by atoms with Crippen LogP contribution >= 0.6 is 24.8 Å². The summed E-state index contributed by atoms with van der Waals surface area (Å²) in [6.07, 6.45) is 23.6. The van der Waals surface area contributed by atoms with Gasteiger partial charge in [0, 0.05) is 4.20 Å². The average Bonchev–Trinajstić information content (AvgIpc) is 2.64. The third-order valence-corrected chi connectivity index (χ3v) is 8.60. The Morgan fingerprint density at radius 1 is 0.654 bits per heavy atom. The minimum absolute atomic E-state index is 0.909. The van der Waals surface area contributed by atoms with Crippen molar-refractivity contribution >= 4 is 29.0 Å². The molecule has 0 aromatic rings. The normalized spacial score (nSPS) is 38.8. The lowest BCUT2D eigenvalue weighted by Gasteiger charge is -2.36. The smallest absolute Gasteiger partial charge is 0.0448 e. The fourth-order valence-corrected chi connectivity index (χ4v) is 6.54. The molecule has 0 nitrogen and oxygen atoms in total. The Morgan fingerprint density at radius 2 is 1.00 bits per heavy atom. The standard InChI is InChI=1S/C24H42S2/c1-18-2-4-20(5-3-18)16-22-10-12-23(13-11-22)17-21-8-6-19(7-9-21)14-15-24(25)26/h18-23H,2-17H2,1H3,(H,25,26). The lowest BCUT2D eigenvalue weighted by atomic mass is 9.70. The van der Waals surface area contributed by atoms with E-state index in [1.54, 1.807) is 38.5 Å². The minimum Gasteiger partial charge on any atom is -0.136 e. The predicted molar refractivity (Wildman–Crippen MR) is 122 cm³/mol. The summed E-state index contributed by atoms with van der Waals surface area (Å²) in [6.45, 7) is 2.45. The van der Waals surface area contributed by atoms with Gasteiger partial charge in [-0.1, -0.05) is 96.2 Å². The van der Waals surface area contributed by atoms with Crippen LogP contribution in [0.1, 0.15) is 110 Å². The maximum atomic E-state index is 5.13. The van der Waals surface area contributed by atoms with Crippen LogP contribution < -0.4 is 0 Å². The Labute approximate surface area is 174 Å². The van der Waals surface area contributed by atoms with E-state index in [4.69, 9.17) is 12.2 Å². The Hall–Kier alpha value is 0.440. The molecule has 0 atom stereocenters. The molecule has 0 bridgehead atoms. The molecule has 0 spiro atoms. The van der Waals surface area contributed by atoms with Crippen LogP contribution in [0.5, 0.6) is 0 Å². The first kappa shape index (κ1) is 21.2. The van der Waals surface area contributed by atoms with E-state index in [1.807, 2.05) is 0 Å². The molecular weight excluding hydrogens is 352 g/mol. The minimum atomic E-state index is 0.909. The van der Waals surface area contributed by atoms with Gasteiger partial charge in [-0.05, 0) is 61.2 Å². The zero-order valence-corrected chi connectivity index (χ0v) is 18.8. The highest BCUT2D eigenvalue weighted by molar-refractivity contribution is 8.11. The van der Waals surface area contributed by atoms with E-state index in [0.29, 0.717) is 0 Å². The van der Waals surface area contributed by atoms with E-state index in [1.165, 1.54) is 57.8 Å². The van der Waals surface area contributed by atoms with Gasteiger partial charge in [0.25, 0.3) is 0 Å². The topological polar surface area (TPSA) is 0 Å². The van der Waals surface area contributed by atoms with Crippen molar-refractivity contribution in [1.82, 2.24) is 0 Å². The van der Waals surface area contributed by atoms with E-state index < -0.39 is 0 Å². The van der Waals surface area contributed by atoms with Gasteiger partial charge < -0.3 is 0 Å². The fourth-order valence-electron chi connectivity index (χ4n) is 6.29. The molecule has 0 aromatic carbocycles. The molecule has 3 saturated carbocycles. The summed E-state index contributed by atoms with van der Waals surface area (Å²) in [4.78, 5) is 0. The molecule has 0 radical (unpaired) electrons. The first-order valence-corrected chi connectivity index (χ1v) is 12.7. The van der Waals surface area contributed by atoms with Crippen molar-refractivity contribution in [3.8, 4) is 0 Å². The summed E-state index contributed by atoms with van der Waals surface area (Å²) in [6, 6.07) is 0. The summed E-state index contributed by atoms with van der Waals surface area (Å²) in [7, 11) is 0. The number of hydrogen-bond acceptors (Lipinski definition) is 1. The third kappa shape index (κ3) is 7.12. The quantitative estimate of drug-likeness (QED) is 0.335. The zero-order valence-electron chi connectivity index (χ0n) is 17.1. The van der Waals surface area contributed by atoms with Crippen LogP contribution in [0.15, 0.2) is 0 Å². The Kier molecular flexibility index (Phi) is 8.82. The lowest BCUT2D eigenvalue weighted by Crippen LogP contribution is -2.23. The van der Waals surface area contributed by atoms with E-state index in [9.17, 15) is 0 Å². The second kappa shape index (κ2) is 10.8. The number of rotatable bonds is 7. The molecule has 0 unspecified atom stereocenters. The first-order valence-electron chi connectivity index (χ1n) is 11.8. The highest BCUT2D eigenvalue weighted by Gasteiger charge is 2.28. The summed E-state index contributed by atoms with van der Waals surface area (Å²) in [5, 5.41) is 0. The molecule has 3 rings (SSSR count). The van der Waals surface area contributed by atoms with Crippen molar-refractivity contribution in [3.05, 3.63) is 0 Å². The monoisotopic (exact) mass is 394 g/mol. The van der Waals surface area contributed by atoms with Crippen LogP contribution in [0, 0.1) is 35.5 Å². The van der Waals surface area contributed by atoms with Crippen LogP contribution in [0.4, 0.5) is 0 Å². The molecular formula is C24H42S2. The predicted octanol–water partition coefficient (Wildman–Crippen LogP) is 8.24. The summed E-state index contributed by atoms with van der Waals surface area (Å²) in [5.74, 6) is 6.19. The highest BCUT2D eigenvalue weighted by atomic mass is 32.1. The van der Waals surface area contributed by atoms with Crippen molar-refractivity contribution in [2.45, 2.75) is 110 Å². The fraction of sp³-hybridized carbons (Fsp3) is 0.958. The van der Waals surface area contributed by atoms with Crippen LogP contribution in [-0.2, 0) is 0 Å².